The second kappa shape index (κ2) is 4.90. The Bertz CT molecular complexity index is 331. The molecule has 0 fully saturated rings. The molecule has 15 heavy (non-hydrogen) atoms. The zero-order chi connectivity index (χ0) is 11.5. The highest BCUT2D eigenvalue weighted by Crippen LogP contribution is 2.27. The quantitative estimate of drug-likeness (QED) is 0.800. The number of hydrogen-bond acceptors (Lipinski definition) is 3. The first-order valence-corrected chi connectivity index (χ1v) is 6.18. The Morgan fingerprint density at radius 3 is 2.53 bits per heavy atom. The molecule has 1 rings (SSSR count). The van der Waals surface area contributed by atoms with Crippen LogP contribution in [0.4, 0.5) is 0 Å². The van der Waals surface area contributed by atoms with Crippen LogP contribution < -0.4 is 10.5 Å². The van der Waals surface area contributed by atoms with E-state index in [0.29, 0.717) is 0 Å². The highest BCUT2D eigenvalue weighted by Gasteiger charge is 2.15. The first-order valence-electron chi connectivity index (χ1n) is 4.96. The summed E-state index contributed by atoms with van der Waals surface area (Å²) in [4.78, 5) is 1.25. The van der Waals surface area contributed by atoms with E-state index in [1.807, 2.05) is 19.9 Å². The second-order valence-electron chi connectivity index (χ2n) is 4.34. The highest BCUT2D eigenvalue weighted by atomic mass is 32.2. The lowest BCUT2D eigenvalue weighted by Gasteiger charge is -2.20. The molecule has 0 aliphatic heterocycles. The Morgan fingerprint density at radius 2 is 2.07 bits per heavy atom. The van der Waals surface area contributed by atoms with Crippen LogP contribution in [0.5, 0.6) is 5.75 Å². The van der Waals surface area contributed by atoms with Gasteiger partial charge in [-0.3, -0.25) is 0 Å². The van der Waals surface area contributed by atoms with Gasteiger partial charge in [0.05, 0.1) is 7.11 Å². The van der Waals surface area contributed by atoms with Crippen LogP contribution in [-0.4, -0.2) is 18.9 Å². The van der Waals surface area contributed by atoms with E-state index in [1.54, 1.807) is 18.9 Å². The molecule has 2 N–H and O–H groups in total. The Labute approximate surface area is 96.2 Å². The number of hydrogen-bond donors (Lipinski definition) is 1. The van der Waals surface area contributed by atoms with Crippen molar-refractivity contribution in [2.24, 2.45) is 5.73 Å². The maximum atomic E-state index is 6.02. The van der Waals surface area contributed by atoms with Crippen molar-refractivity contribution in [2.45, 2.75) is 30.7 Å². The van der Waals surface area contributed by atoms with Gasteiger partial charge in [0.1, 0.15) is 5.75 Å². The molecule has 0 aromatic heterocycles. The maximum Gasteiger partial charge on any atom is 0.122 e. The molecule has 0 radical (unpaired) electrons. The standard InChI is InChI=1S/C12H19NOS/c1-12(2,13)8-9-7-10(15-4)5-6-11(9)14-3/h5-7H,8,13H2,1-4H3. The fourth-order valence-electron chi connectivity index (χ4n) is 1.51. The van der Waals surface area contributed by atoms with Crippen LogP contribution in [0.3, 0.4) is 0 Å². The molecule has 0 heterocycles. The van der Waals surface area contributed by atoms with Crippen LogP contribution in [-0.2, 0) is 6.42 Å². The van der Waals surface area contributed by atoms with Gasteiger partial charge in [-0.2, -0.15) is 0 Å². The van der Waals surface area contributed by atoms with Crippen molar-refractivity contribution in [3.63, 3.8) is 0 Å². The van der Waals surface area contributed by atoms with Gasteiger partial charge in [-0.05, 0) is 50.3 Å². The maximum absolute atomic E-state index is 6.02. The molecule has 0 bridgehead atoms. The number of nitrogens with two attached hydrogens (primary N) is 1. The number of benzene rings is 1. The summed E-state index contributed by atoms with van der Waals surface area (Å²) >= 11 is 1.73. The van der Waals surface area contributed by atoms with Crippen LogP contribution in [0.2, 0.25) is 0 Å². The Kier molecular flexibility index (Phi) is 4.05. The average Bonchev–Trinajstić information content (AvgIpc) is 2.15. The zero-order valence-corrected chi connectivity index (χ0v) is 10.6. The molecule has 1 aromatic rings. The van der Waals surface area contributed by atoms with E-state index < -0.39 is 0 Å². The third-order valence-corrected chi connectivity index (χ3v) is 2.86. The first kappa shape index (κ1) is 12.4. The van der Waals surface area contributed by atoms with E-state index in [-0.39, 0.29) is 5.54 Å². The number of thioether (sulfide) groups is 1. The largest absolute Gasteiger partial charge is 0.496 e. The van der Waals surface area contributed by atoms with Crippen molar-refractivity contribution in [3.05, 3.63) is 23.8 Å². The molecule has 0 aliphatic carbocycles. The van der Waals surface area contributed by atoms with Crippen molar-refractivity contribution in [1.82, 2.24) is 0 Å². The number of ether oxygens (including phenoxy) is 1. The number of methoxy groups -OCH3 is 1. The minimum absolute atomic E-state index is 0.204. The van der Waals surface area contributed by atoms with Crippen LogP contribution in [0.1, 0.15) is 19.4 Å². The van der Waals surface area contributed by atoms with E-state index >= 15 is 0 Å². The fourth-order valence-corrected chi connectivity index (χ4v) is 1.98. The van der Waals surface area contributed by atoms with Gasteiger partial charge in [-0.1, -0.05) is 0 Å². The van der Waals surface area contributed by atoms with E-state index in [1.165, 1.54) is 10.5 Å². The molecule has 0 aliphatic rings. The predicted molar refractivity (Wildman–Crippen MR) is 66.7 cm³/mol. The van der Waals surface area contributed by atoms with Gasteiger partial charge in [0.2, 0.25) is 0 Å². The van der Waals surface area contributed by atoms with Crippen molar-refractivity contribution in [2.75, 3.05) is 13.4 Å². The van der Waals surface area contributed by atoms with Gasteiger partial charge in [-0.25, -0.2) is 0 Å². The van der Waals surface area contributed by atoms with Gasteiger partial charge < -0.3 is 10.5 Å². The van der Waals surface area contributed by atoms with Crippen LogP contribution in [0, 0.1) is 0 Å². The molecule has 0 unspecified atom stereocenters. The van der Waals surface area contributed by atoms with E-state index in [0.717, 1.165) is 12.2 Å². The molecule has 0 saturated heterocycles. The first-order chi connectivity index (χ1) is 6.96. The summed E-state index contributed by atoms with van der Waals surface area (Å²) in [7, 11) is 1.70. The number of rotatable bonds is 4. The summed E-state index contributed by atoms with van der Waals surface area (Å²) in [6, 6.07) is 6.22. The molecule has 0 atom stereocenters. The van der Waals surface area contributed by atoms with E-state index in [4.69, 9.17) is 10.5 Å². The van der Waals surface area contributed by atoms with Gasteiger partial charge in [0.15, 0.2) is 0 Å². The lowest BCUT2D eigenvalue weighted by Crippen LogP contribution is -2.34. The molecule has 0 spiro atoms. The van der Waals surface area contributed by atoms with E-state index in [9.17, 15) is 0 Å². The van der Waals surface area contributed by atoms with Crippen molar-refractivity contribution < 1.29 is 4.74 Å². The van der Waals surface area contributed by atoms with Gasteiger partial charge >= 0.3 is 0 Å². The summed E-state index contributed by atoms with van der Waals surface area (Å²) in [6.45, 7) is 4.05. The summed E-state index contributed by atoms with van der Waals surface area (Å²) < 4.78 is 5.33. The van der Waals surface area contributed by atoms with Gasteiger partial charge in [-0.15, -0.1) is 11.8 Å². The molecule has 0 amide bonds. The minimum Gasteiger partial charge on any atom is -0.496 e. The average molecular weight is 225 g/mol. The zero-order valence-electron chi connectivity index (χ0n) is 9.83. The topological polar surface area (TPSA) is 35.2 Å². The molecule has 84 valence electrons. The summed E-state index contributed by atoms with van der Waals surface area (Å²) in [6.07, 6.45) is 2.89. The Morgan fingerprint density at radius 1 is 1.40 bits per heavy atom. The minimum atomic E-state index is -0.204. The van der Waals surface area contributed by atoms with Crippen LogP contribution in [0.25, 0.3) is 0 Å². The second-order valence-corrected chi connectivity index (χ2v) is 5.22. The molecular formula is C12H19NOS. The normalized spacial score (nSPS) is 11.5. The lowest BCUT2D eigenvalue weighted by molar-refractivity contribution is 0.402. The summed E-state index contributed by atoms with van der Waals surface area (Å²) in [5.74, 6) is 0.923. The predicted octanol–water partition coefficient (Wildman–Crippen LogP) is 2.70. The lowest BCUT2D eigenvalue weighted by atomic mass is 9.96. The Balaban J connectivity index is 3.01. The SMILES string of the molecule is COc1ccc(SC)cc1CC(C)(C)N. The highest BCUT2D eigenvalue weighted by molar-refractivity contribution is 7.98. The van der Waals surface area contributed by atoms with Gasteiger partial charge in [0, 0.05) is 10.4 Å². The molecule has 1 aromatic carbocycles. The van der Waals surface area contributed by atoms with Crippen molar-refractivity contribution >= 4 is 11.8 Å². The monoisotopic (exact) mass is 225 g/mol. The van der Waals surface area contributed by atoms with Crippen LogP contribution in [0.15, 0.2) is 23.1 Å². The van der Waals surface area contributed by atoms with Crippen molar-refractivity contribution in [1.29, 1.82) is 0 Å². The third kappa shape index (κ3) is 3.76. The molecular weight excluding hydrogens is 206 g/mol. The molecule has 3 heteroatoms. The van der Waals surface area contributed by atoms with E-state index in [2.05, 4.69) is 18.4 Å². The van der Waals surface area contributed by atoms with Gasteiger partial charge in [0.25, 0.3) is 0 Å². The van der Waals surface area contributed by atoms with Crippen molar-refractivity contribution in [3.8, 4) is 5.75 Å². The summed E-state index contributed by atoms with van der Waals surface area (Å²) in [5.41, 5.74) is 6.99. The Hall–Kier alpha value is -0.670. The van der Waals surface area contributed by atoms with Crippen LogP contribution >= 0.6 is 11.8 Å². The fraction of sp³-hybridized carbons (Fsp3) is 0.500. The smallest absolute Gasteiger partial charge is 0.122 e. The summed E-state index contributed by atoms with van der Waals surface area (Å²) in [5, 5.41) is 0. The third-order valence-electron chi connectivity index (χ3n) is 2.13. The molecule has 2 nitrogen and oxygen atoms in total. The molecule has 0 saturated carbocycles.